The molecule has 2 saturated carbocycles. The van der Waals surface area contributed by atoms with E-state index in [1.165, 1.54) is 11.0 Å². The van der Waals surface area contributed by atoms with Crippen LogP contribution in [0, 0.1) is 17.8 Å². The number of sulfonamides is 1. The summed E-state index contributed by atoms with van der Waals surface area (Å²) in [6, 6.07) is -2.19. The summed E-state index contributed by atoms with van der Waals surface area (Å²) in [5.74, 6) is -2.65. The van der Waals surface area contributed by atoms with Gasteiger partial charge in [0, 0.05) is 18.9 Å². The van der Waals surface area contributed by atoms with Crippen LogP contribution in [0.25, 0.3) is 0 Å². The van der Waals surface area contributed by atoms with Crippen LogP contribution in [0.2, 0.25) is 0 Å². The van der Waals surface area contributed by atoms with E-state index in [1.807, 2.05) is 19.9 Å². The molecule has 1 unspecified atom stereocenters. The number of carbonyl (C=O) groups is 4. The Bertz CT molecular complexity index is 1210. The summed E-state index contributed by atoms with van der Waals surface area (Å²) < 4.78 is 32.4. The van der Waals surface area contributed by atoms with Crippen LogP contribution in [0.1, 0.15) is 79.6 Å². The van der Waals surface area contributed by atoms with Gasteiger partial charge in [0.1, 0.15) is 23.2 Å². The van der Waals surface area contributed by atoms with E-state index < -0.39 is 74.3 Å². The molecular formula is C30H48N4O8S. The second kappa shape index (κ2) is 13.4. The molecule has 1 saturated heterocycles. The summed E-state index contributed by atoms with van der Waals surface area (Å²) >= 11 is 0. The predicted molar refractivity (Wildman–Crippen MR) is 161 cm³/mol. The van der Waals surface area contributed by atoms with Crippen molar-refractivity contribution in [3.05, 3.63) is 25.3 Å². The molecule has 1 aliphatic heterocycles. The smallest absolute Gasteiger partial charge is 0.408 e. The minimum Gasteiger partial charge on any atom is -0.444 e. The maximum Gasteiger partial charge on any atom is 0.408 e. The fraction of sp³-hybridized carbons (Fsp3) is 0.733. The summed E-state index contributed by atoms with van der Waals surface area (Å²) in [6.45, 7) is 16.3. The molecule has 7 atom stereocenters. The third-order valence-corrected chi connectivity index (χ3v) is 10.2. The normalized spacial score (nSPS) is 27.3. The number of aliphatic hydroxyl groups is 1. The topological polar surface area (TPSA) is 171 Å². The highest BCUT2D eigenvalue weighted by Gasteiger charge is 2.62. The van der Waals surface area contributed by atoms with E-state index in [0.717, 1.165) is 12.8 Å². The number of alkyl carbamates (subject to hydrolysis) is 1. The van der Waals surface area contributed by atoms with Crippen LogP contribution in [0.3, 0.4) is 0 Å². The lowest BCUT2D eigenvalue weighted by molar-refractivity contribution is -0.142. The van der Waals surface area contributed by atoms with Crippen LogP contribution in [-0.4, -0.2) is 83.4 Å². The van der Waals surface area contributed by atoms with Crippen LogP contribution in [0.4, 0.5) is 4.79 Å². The number of nitrogens with zero attached hydrogens (tertiary/aromatic N) is 1. The van der Waals surface area contributed by atoms with Gasteiger partial charge in [-0.3, -0.25) is 19.1 Å². The average Bonchev–Trinajstić information content (AvgIpc) is 3.82. The van der Waals surface area contributed by atoms with E-state index in [-0.39, 0.29) is 31.2 Å². The Morgan fingerprint density at radius 2 is 1.79 bits per heavy atom. The van der Waals surface area contributed by atoms with Gasteiger partial charge in [0.25, 0.3) is 5.91 Å². The zero-order valence-electron chi connectivity index (χ0n) is 25.9. The standard InChI is InChI=1S/C30H48N4O8S/c1-8-18(3)11-10-12-19(4)24(31-28(39)42-29(5,6)7)26(37)34-17-21(35)15-23(34)25(36)32-30(16-20(30)9-2)27(38)33-43(40,41)22-13-14-22/h8-9,18-24,35H,1-2,10-17H2,3-7H3,(H,31,39)(H,32,36)(H,33,38)/t18?,19-,20-,21-,23+,24+,30-/m1/s1. The molecule has 4 amide bonds. The Hall–Kier alpha value is -2.93. The zero-order valence-corrected chi connectivity index (χ0v) is 26.7. The number of amides is 4. The number of hydrogen-bond donors (Lipinski definition) is 4. The number of likely N-dealkylation sites (tertiary alicyclic amines) is 1. The van der Waals surface area contributed by atoms with Gasteiger partial charge in [0.15, 0.2) is 0 Å². The van der Waals surface area contributed by atoms with E-state index in [4.69, 9.17) is 4.74 Å². The van der Waals surface area contributed by atoms with Gasteiger partial charge in [0.2, 0.25) is 21.8 Å². The van der Waals surface area contributed by atoms with Crippen molar-refractivity contribution < 1.29 is 37.4 Å². The maximum absolute atomic E-state index is 14.0. The van der Waals surface area contributed by atoms with Crippen LogP contribution >= 0.6 is 0 Å². The highest BCUT2D eigenvalue weighted by atomic mass is 32.2. The first-order valence-electron chi connectivity index (χ1n) is 15.0. The van der Waals surface area contributed by atoms with Gasteiger partial charge >= 0.3 is 6.09 Å². The van der Waals surface area contributed by atoms with Gasteiger partial charge in [-0.1, -0.05) is 32.4 Å². The van der Waals surface area contributed by atoms with Crippen molar-refractivity contribution in [2.24, 2.45) is 17.8 Å². The second-order valence-corrected chi connectivity index (χ2v) is 15.3. The van der Waals surface area contributed by atoms with Gasteiger partial charge in [-0.2, -0.15) is 0 Å². The fourth-order valence-corrected chi connectivity index (χ4v) is 6.80. The maximum atomic E-state index is 14.0. The van der Waals surface area contributed by atoms with E-state index in [1.54, 1.807) is 20.8 Å². The summed E-state index contributed by atoms with van der Waals surface area (Å²) in [4.78, 5) is 54.7. The highest BCUT2D eigenvalue weighted by Crippen LogP contribution is 2.45. The van der Waals surface area contributed by atoms with E-state index in [9.17, 15) is 32.7 Å². The average molecular weight is 625 g/mol. The molecule has 0 aromatic heterocycles. The Balaban J connectivity index is 1.79. The molecule has 12 nitrogen and oxygen atoms in total. The molecule has 0 spiro atoms. The number of carbonyl (C=O) groups excluding carboxylic acids is 4. The number of allylic oxidation sites excluding steroid dienone is 1. The second-order valence-electron chi connectivity index (χ2n) is 13.3. The SMILES string of the molecule is C=CC(C)CCC[C@@H](C)[C@H](NC(=O)OC(C)(C)C)C(=O)N1C[C@H](O)C[C@H]1C(=O)N[C@]1(C(=O)NS(=O)(=O)C2CC2)C[C@H]1C=C. The molecule has 3 fully saturated rings. The van der Waals surface area contributed by atoms with Crippen molar-refractivity contribution >= 4 is 33.8 Å². The molecule has 43 heavy (non-hydrogen) atoms. The van der Waals surface area contributed by atoms with Gasteiger partial charge in [-0.25, -0.2) is 13.2 Å². The Morgan fingerprint density at radius 3 is 2.33 bits per heavy atom. The lowest BCUT2D eigenvalue weighted by Gasteiger charge is -2.33. The van der Waals surface area contributed by atoms with Gasteiger partial charge in [-0.15, -0.1) is 13.2 Å². The summed E-state index contributed by atoms with van der Waals surface area (Å²) in [5, 5.41) is 15.3. The van der Waals surface area contributed by atoms with Crippen molar-refractivity contribution in [1.29, 1.82) is 0 Å². The molecule has 0 bridgehead atoms. The van der Waals surface area contributed by atoms with Crippen molar-refractivity contribution in [1.82, 2.24) is 20.3 Å². The monoisotopic (exact) mass is 624 g/mol. The number of β-amino-alcohol motifs (C(OH)–C–C–N with tert-alkyl or cyclic N) is 1. The molecule has 3 aliphatic rings. The van der Waals surface area contributed by atoms with Crippen molar-refractivity contribution in [3.63, 3.8) is 0 Å². The number of nitrogens with one attached hydrogen (secondary N) is 3. The molecule has 0 aromatic rings. The van der Waals surface area contributed by atoms with Crippen LogP contribution < -0.4 is 15.4 Å². The van der Waals surface area contributed by atoms with Crippen LogP contribution in [0.15, 0.2) is 25.3 Å². The van der Waals surface area contributed by atoms with Crippen molar-refractivity contribution in [2.75, 3.05) is 6.54 Å². The first kappa shape index (κ1) is 34.6. The van der Waals surface area contributed by atoms with Crippen molar-refractivity contribution in [2.45, 2.75) is 114 Å². The van der Waals surface area contributed by atoms with E-state index in [0.29, 0.717) is 19.3 Å². The van der Waals surface area contributed by atoms with Crippen LogP contribution in [-0.2, 0) is 29.1 Å². The third kappa shape index (κ3) is 8.81. The van der Waals surface area contributed by atoms with Gasteiger partial charge < -0.3 is 25.4 Å². The number of ether oxygens (including phenoxy) is 1. The minimum atomic E-state index is -3.86. The summed E-state index contributed by atoms with van der Waals surface area (Å²) in [6.07, 6.45) is 4.75. The molecule has 4 N–H and O–H groups in total. The summed E-state index contributed by atoms with van der Waals surface area (Å²) in [5.41, 5.74) is -2.33. The third-order valence-electron chi connectivity index (χ3n) is 8.34. The highest BCUT2D eigenvalue weighted by molar-refractivity contribution is 7.91. The largest absolute Gasteiger partial charge is 0.444 e. The van der Waals surface area contributed by atoms with E-state index >= 15 is 0 Å². The Morgan fingerprint density at radius 1 is 1.14 bits per heavy atom. The molecule has 13 heteroatoms. The number of hydrogen-bond acceptors (Lipinski definition) is 8. The van der Waals surface area contributed by atoms with E-state index in [2.05, 4.69) is 28.5 Å². The molecule has 1 heterocycles. The molecule has 0 radical (unpaired) electrons. The summed E-state index contributed by atoms with van der Waals surface area (Å²) in [7, 11) is -3.86. The minimum absolute atomic E-state index is 0.0845. The predicted octanol–water partition coefficient (Wildman–Crippen LogP) is 2.14. The quantitative estimate of drug-likeness (QED) is 0.213. The first-order chi connectivity index (χ1) is 19.9. The van der Waals surface area contributed by atoms with Crippen molar-refractivity contribution in [3.8, 4) is 0 Å². The lowest BCUT2D eigenvalue weighted by Crippen LogP contribution is -2.59. The molecule has 3 rings (SSSR count). The van der Waals surface area contributed by atoms with Crippen LogP contribution in [0.5, 0.6) is 0 Å². The molecule has 2 aliphatic carbocycles. The van der Waals surface area contributed by atoms with Gasteiger partial charge in [-0.05, 0) is 64.7 Å². The Kier molecular flexibility index (Phi) is 10.7. The van der Waals surface area contributed by atoms with Gasteiger partial charge in [0.05, 0.1) is 11.4 Å². The lowest BCUT2D eigenvalue weighted by atomic mass is 9.92. The number of aliphatic hydroxyl groups excluding tert-OH is 1. The molecule has 242 valence electrons. The number of rotatable bonds is 14. The Labute approximate surface area is 255 Å². The first-order valence-corrected chi connectivity index (χ1v) is 16.6. The fourth-order valence-electron chi connectivity index (χ4n) is 5.43. The zero-order chi connectivity index (χ0) is 32.3. The molecular weight excluding hydrogens is 576 g/mol. The molecule has 0 aromatic carbocycles.